The molecular weight excluding hydrogens is 268 g/mol. The Labute approximate surface area is 113 Å². The fourth-order valence-electron chi connectivity index (χ4n) is 2.90. The highest BCUT2D eigenvalue weighted by atomic mass is 32.2. The molecule has 2 unspecified atom stereocenters. The third kappa shape index (κ3) is 2.75. The maximum atomic E-state index is 12.5. The Kier molecular flexibility index (Phi) is 3.85. The van der Waals surface area contributed by atoms with Gasteiger partial charge in [-0.25, -0.2) is 8.42 Å². The lowest BCUT2D eigenvalue weighted by molar-refractivity contribution is -0.141. The first-order valence-corrected chi connectivity index (χ1v) is 8.44. The van der Waals surface area contributed by atoms with Crippen LogP contribution in [0.1, 0.15) is 26.2 Å². The van der Waals surface area contributed by atoms with Gasteiger partial charge in [0.2, 0.25) is 11.8 Å². The van der Waals surface area contributed by atoms with Crippen molar-refractivity contribution in [1.82, 2.24) is 9.80 Å². The molecule has 0 aromatic rings. The molecule has 2 aliphatic heterocycles. The first-order valence-electron chi connectivity index (χ1n) is 6.62. The lowest BCUT2D eigenvalue weighted by Gasteiger charge is -2.31. The third-order valence-electron chi connectivity index (χ3n) is 4.05. The molecule has 0 N–H and O–H groups in total. The van der Waals surface area contributed by atoms with Crippen molar-refractivity contribution in [3.05, 3.63) is 0 Å². The van der Waals surface area contributed by atoms with E-state index in [1.807, 2.05) is 6.92 Å². The molecule has 0 saturated carbocycles. The molecule has 0 aromatic heterocycles. The van der Waals surface area contributed by atoms with Crippen LogP contribution in [-0.4, -0.2) is 67.2 Å². The van der Waals surface area contributed by atoms with Gasteiger partial charge in [-0.3, -0.25) is 9.59 Å². The molecule has 2 atom stereocenters. The fraction of sp³-hybridized carbons (Fsp3) is 0.833. The first kappa shape index (κ1) is 14.3. The highest BCUT2D eigenvalue weighted by Gasteiger charge is 2.40. The van der Waals surface area contributed by atoms with E-state index in [0.29, 0.717) is 25.8 Å². The molecule has 0 radical (unpaired) electrons. The quantitative estimate of drug-likeness (QED) is 0.711. The van der Waals surface area contributed by atoms with Gasteiger partial charge in [0.05, 0.1) is 11.5 Å². The van der Waals surface area contributed by atoms with Crippen LogP contribution in [-0.2, 0) is 19.4 Å². The highest BCUT2D eigenvalue weighted by Crippen LogP contribution is 2.23. The zero-order valence-electron chi connectivity index (χ0n) is 11.3. The van der Waals surface area contributed by atoms with Gasteiger partial charge < -0.3 is 9.80 Å². The van der Waals surface area contributed by atoms with Gasteiger partial charge in [0.1, 0.15) is 6.04 Å². The first-order chi connectivity index (χ1) is 8.85. The van der Waals surface area contributed by atoms with Crippen LogP contribution in [0.3, 0.4) is 0 Å². The standard InChI is InChI=1S/C12H20N2O4S/c1-3-14(9-6-7-19(17,18)8-9)12(16)10-4-5-11(15)13(10)2/h9-10H,3-8H2,1-2H3. The number of carbonyl (C=O) groups is 2. The smallest absolute Gasteiger partial charge is 0.245 e. The minimum atomic E-state index is -3.01. The summed E-state index contributed by atoms with van der Waals surface area (Å²) in [5, 5.41) is 0. The monoisotopic (exact) mass is 288 g/mol. The van der Waals surface area contributed by atoms with Crippen LogP contribution >= 0.6 is 0 Å². The summed E-state index contributed by atoms with van der Waals surface area (Å²) in [6.45, 7) is 2.33. The van der Waals surface area contributed by atoms with Crippen molar-refractivity contribution < 1.29 is 18.0 Å². The van der Waals surface area contributed by atoms with E-state index in [0.717, 1.165) is 0 Å². The second-order valence-corrected chi connectivity index (χ2v) is 7.47. The topological polar surface area (TPSA) is 74.8 Å². The summed E-state index contributed by atoms with van der Waals surface area (Å²) in [5.74, 6) is 0.0732. The average molecular weight is 288 g/mol. The van der Waals surface area contributed by atoms with E-state index < -0.39 is 15.9 Å². The van der Waals surface area contributed by atoms with Crippen LogP contribution in [0.15, 0.2) is 0 Å². The lowest BCUT2D eigenvalue weighted by atomic mass is 10.1. The van der Waals surface area contributed by atoms with Gasteiger partial charge in [-0.1, -0.05) is 0 Å². The molecule has 19 heavy (non-hydrogen) atoms. The summed E-state index contributed by atoms with van der Waals surface area (Å²) in [6, 6.07) is -0.651. The van der Waals surface area contributed by atoms with Crippen LogP contribution in [0.2, 0.25) is 0 Å². The van der Waals surface area contributed by atoms with Gasteiger partial charge >= 0.3 is 0 Å². The van der Waals surface area contributed by atoms with E-state index in [4.69, 9.17) is 0 Å². The Morgan fingerprint density at radius 1 is 1.42 bits per heavy atom. The molecule has 0 bridgehead atoms. The molecule has 7 heteroatoms. The molecule has 0 aromatic carbocycles. The normalized spacial score (nSPS) is 29.8. The van der Waals surface area contributed by atoms with Crippen molar-refractivity contribution in [3.8, 4) is 0 Å². The highest BCUT2D eigenvalue weighted by molar-refractivity contribution is 7.91. The lowest BCUT2D eigenvalue weighted by Crippen LogP contribution is -2.49. The zero-order valence-corrected chi connectivity index (χ0v) is 12.1. The Bertz CT molecular complexity index is 488. The van der Waals surface area contributed by atoms with Gasteiger partial charge in [-0.05, 0) is 19.8 Å². The van der Waals surface area contributed by atoms with E-state index in [1.54, 1.807) is 11.9 Å². The minimum absolute atomic E-state index is 0.0200. The molecule has 6 nitrogen and oxygen atoms in total. The molecule has 2 saturated heterocycles. The second kappa shape index (κ2) is 5.11. The van der Waals surface area contributed by atoms with Crippen molar-refractivity contribution in [1.29, 1.82) is 0 Å². The van der Waals surface area contributed by atoms with Gasteiger partial charge in [-0.2, -0.15) is 0 Å². The molecule has 108 valence electrons. The van der Waals surface area contributed by atoms with E-state index in [9.17, 15) is 18.0 Å². The molecular formula is C12H20N2O4S. The van der Waals surface area contributed by atoms with Gasteiger partial charge in [0.15, 0.2) is 9.84 Å². The molecule has 2 heterocycles. The number of hydrogen-bond donors (Lipinski definition) is 0. The number of likely N-dealkylation sites (tertiary alicyclic amines) is 1. The Morgan fingerprint density at radius 2 is 2.11 bits per heavy atom. The summed E-state index contributed by atoms with van der Waals surface area (Å²) in [5.41, 5.74) is 0. The van der Waals surface area contributed by atoms with Crippen LogP contribution < -0.4 is 0 Å². The maximum absolute atomic E-state index is 12.5. The fourth-order valence-corrected chi connectivity index (χ4v) is 4.63. The average Bonchev–Trinajstić information content (AvgIpc) is 2.85. The molecule has 2 fully saturated rings. The Balaban J connectivity index is 2.10. The van der Waals surface area contributed by atoms with Crippen LogP contribution in [0.5, 0.6) is 0 Å². The van der Waals surface area contributed by atoms with E-state index in [-0.39, 0.29) is 29.4 Å². The zero-order chi connectivity index (χ0) is 14.2. The predicted molar refractivity (Wildman–Crippen MR) is 70.2 cm³/mol. The number of likely N-dealkylation sites (N-methyl/N-ethyl adjacent to an activating group) is 2. The van der Waals surface area contributed by atoms with E-state index >= 15 is 0 Å². The van der Waals surface area contributed by atoms with Crippen molar-refractivity contribution >= 4 is 21.7 Å². The summed E-state index contributed by atoms with van der Waals surface area (Å²) in [6.07, 6.45) is 1.43. The molecule has 2 amide bonds. The minimum Gasteiger partial charge on any atom is -0.337 e. The Morgan fingerprint density at radius 3 is 2.53 bits per heavy atom. The van der Waals surface area contributed by atoms with E-state index in [1.165, 1.54) is 4.90 Å². The number of nitrogens with zero attached hydrogens (tertiary/aromatic N) is 2. The molecule has 2 aliphatic rings. The van der Waals surface area contributed by atoms with Crippen molar-refractivity contribution in [2.24, 2.45) is 0 Å². The summed E-state index contributed by atoms with van der Waals surface area (Å²) in [7, 11) is -1.37. The third-order valence-corrected chi connectivity index (χ3v) is 5.80. The van der Waals surface area contributed by atoms with Crippen LogP contribution in [0.25, 0.3) is 0 Å². The second-order valence-electron chi connectivity index (χ2n) is 5.24. The number of amides is 2. The summed E-state index contributed by atoms with van der Waals surface area (Å²) >= 11 is 0. The summed E-state index contributed by atoms with van der Waals surface area (Å²) < 4.78 is 23.0. The molecule has 2 rings (SSSR count). The van der Waals surface area contributed by atoms with E-state index in [2.05, 4.69) is 0 Å². The van der Waals surface area contributed by atoms with Crippen LogP contribution in [0.4, 0.5) is 0 Å². The SMILES string of the molecule is CCN(C(=O)C1CCC(=O)N1C)C1CCS(=O)(=O)C1. The van der Waals surface area contributed by atoms with Gasteiger partial charge in [0, 0.05) is 26.1 Å². The largest absolute Gasteiger partial charge is 0.337 e. The number of carbonyl (C=O) groups excluding carboxylic acids is 2. The number of sulfone groups is 1. The van der Waals surface area contributed by atoms with Crippen molar-refractivity contribution in [2.75, 3.05) is 25.1 Å². The van der Waals surface area contributed by atoms with Gasteiger partial charge in [0.25, 0.3) is 0 Å². The Hall–Kier alpha value is -1.11. The molecule has 0 spiro atoms. The molecule has 0 aliphatic carbocycles. The number of rotatable bonds is 3. The predicted octanol–water partition coefficient (Wildman–Crippen LogP) is -0.357. The van der Waals surface area contributed by atoms with Crippen molar-refractivity contribution in [2.45, 2.75) is 38.3 Å². The van der Waals surface area contributed by atoms with Crippen molar-refractivity contribution in [3.63, 3.8) is 0 Å². The number of hydrogen-bond acceptors (Lipinski definition) is 4. The maximum Gasteiger partial charge on any atom is 0.245 e. The summed E-state index contributed by atoms with van der Waals surface area (Å²) in [4.78, 5) is 27.1. The van der Waals surface area contributed by atoms with Gasteiger partial charge in [-0.15, -0.1) is 0 Å². The van der Waals surface area contributed by atoms with Crippen LogP contribution in [0, 0.1) is 0 Å².